The summed E-state index contributed by atoms with van der Waals surface area (Å²) in [5.74, 6) is 0. The first kappa shape index (κ1) is 813. The van der Waals surface area contributed by atoms with Crippen LogP contribution in [0.3, 0.4) is 0 Å². The van der Waals surface area contributed by atoms with Crippen molar-refractivity contribution in [1.82, 2.24) is 0 Å². The van der Waals surface area contributed by atoms with Crippen LogP contribution >= 0.6 is 0 Å². The fourth-order valence-electron chi connectivity index (χ4n) is 0. The van der Waals surface area contributed by atoms with Crippen molar-refractivity contribution in [2.45, 2.75) is 0 Å². The smallest absolute Gasteiger partial charge is 1.00 e. The minimum absolute atomic E-state index is 0. The molecule has 0 aromatic rings. The van der Waals surface area contributed by atoms with Gasteiger partial charge in [-0.3, -0.25) is 0 Å². The Morgan fingerprint density at radius 1 is 0.375 bits per heavy atom. The molecular formula is CuF6Ti. The van der Waals surface area contributed by atoms with E-state index < -0.39 is 0 Å². The summed E-state index contributed by atoms with van der Waals surface area (Å²) in [5.41, 5.74) is 0. The molecule has 0 saturated heterocycles. The van der Waals surface area contributed by atoms with Gasteiger partial charge in [0, 0.05) is 0 Å². The first-order chi connectivity index (χ1) is 0. The van der Waals surface area contributed by atoms with E-state index in [0.717, 1.165) is 0 Å². The van der Waals surface area contributed by atoms with Gasteiger partial charge in [-0.05, 0) is 0 Å². The van der Waals surface area contributed by atoms with Gasteiger partial charge >= 0.3 is 38.8 Å². The van der Waals surface area contributed by atoms with Gasteiger partial charge in [-0.25, -0.2) is 0 Å². The Kier molecular flexibility index (Phi) is 55600. The molecule has 0 amide bonds. The average molecular weight is 225 g/mol. The number of rotatable bonds is 0. The number of halogens is 6. The summed E-state index contributed by atoms with van der Waals surface area (Å²) < 4.78 is 0. The molecule has 0 rings (SSSR count). The Hall–Kier alpha value is 0.814. The summed E-state index contributed by atoms with van der Waals surface area (Å²) in [6.07, 6.45) is 0. The molecule has 0 aliphatic rings. The Labute approximate surface area is 67.3 Å². The zero-order valence-electron chi connectivity index (χ0n) is 3.07. The van der Waals surface area contributed by atoms with E-state index >= 15 is 0 Å². The van der Waals surface area contributed by atoms with E-state index in [4.69, 9.17) is 0 Å². The van der Waals surface area contributed by atoms with Crippen LogP contribution in [-0.4, -0.2) is 0 Å². The predicted molar refractivity (Wildman–Crippen MR) is 0 cm³/mol. The molecule has 57 valence electrons. The molecule has 0 fully saturated rings. The largest absolute Gasteiger partial charge is 4.00 e. The van der Waals surface area contributed by atoms with Crippen molar-refractivity contribution in [3.8, 4) is 0 Å². The van der Waals surface area contributed by atoms with Gasteiger partial charge in [0.05, 0.1) is 0 Å². The molecule has 0 aromatic carbocycles. The maximum atomic E-state index is 0. The zero-order valence-corrected chi connectivity index (χ0v) is 5.57. The van der Waals surface area contributed by atoms with Gasteiger partial charge in [-0.1, -0.05) is 0 Å². The van der Waals surface area contributed by atoms with E-state index in [2.05, 4.69) is 0 Å². The molecular weight excluding hydrogens is 225 g/mol. The summed E-state index contributed by atoms with van der Waals surface area (Å²) in [6.45, 7) is 0. The van der Waals surface area contributed by atoms with Crippen molar-refractivity contribution in [2.24, 2.45) is 0 Å². The normalized spacial score (nSPS) is 0. The average Bonchev–Trinajstić information content (AvgIpc) is 0. The second kappa shape index (κ2) is 548. The van der Waals surface area contributed by atoms with E-state index in [9.17, 15) is 0 Å². The molecule has 0 unspecified atom stereocenters. The third kappa shape index (κ3) is 348. The molecule has 8 heteroatoms. The van der Waals surface area contributed by atoms with Gasteiger partial charge in [0.15, 0.2) is 0 Å². The molecule has 0 aliphatic carbocycles. The standard InChI is InChI=1S/Cu.6FH.Ti/h;6*1H;/q+2;;;;;;;+4/p-6. The second-order valence-corrected chi connectivity index (χ2v) is 0. The van der Waals surface area contributed by atoms with Crippen LogP contribution in [0.2, 0.25) is 0 Å². The van der Waals surface area contributed by atoms with E-state index in [1.807, 2.05) is 0 Å². The fourth-order valence-corrected chi connectivity index (χ4v) is 0. The topological polar surface area (TPSA) is 0 Å². The number of hydrogen-bond acceptors (Lipinski definition) is 0. The van der Waals surface area contributed by atoms with Crippen LogP contribution in [0, 0.1) is 0 Å². The van der Waals surface area contributed by atoms with Crippen molar-refractivity contribution in [2.75, 3.05) is 0 Å². The second-order valence-electron chi connectivity index (χ2n) is 0. The van der Waals surface area contributed by atoms with Crippen molar-refractivity contribution < 1.29 is 67.0 Å². The SMILES string of the molecule is [Cu+2].[F-].[F-].[F-].[F-].[F-].[F-].[Ti+4]. The molecule has 0 aromatic heterocycles. The Morgan fingerprint density at radius 2 is 0.375 bits per heavy atom. The monoisotopic (exact) mass is 225 g/mol. The van der Waals surface area contributed by atoms with Crippen molar-refractivity contribution >= 4 is 0 Å². The Morgan fingerprint density at radius 3 is 0.375 bits per heavy atom. The molecule has 8 heavy (non-hydrogen) atoms. The predicted octanol–water partition coefficient (Wildman–Crippen LogP) is -18.0. The van der Waals surface area contributed by atoms with Crippen molar-refractivity contribution in [1.29, 1.82) is 0 Å². The summed E-state index contributed by atoms with van der Waals surface area (Å²) >= 11 is 0. The van der Waals surface area contributed by atoms with E-state index in [1.165, 1.54) is 0 Å². The molecule has 0 N–H and O–H groups in total. The van der Waals surface area contributed by atoms with Gasteiger partial charge in [-0.2, -0.15) is 0 Å². The van der Waals surface area contributed by atoms with E-state index in [0.29, 0.717) is 0 Å². The van der Waals surface area contributed by atoms with Crippen LogP contribution in [0.25, 0.3) is 0 Å². The maximum absolute atomic E-state index is 0. The summed E-state index contributed by atoms with van der Waals surface area (Å²) in [6, 6.07) is 0. The molecule has 0 spiro atoms. The summed E-state index contributed by atoms with van der Waals surface area (Å²) in [5, 5.41) is 0. The molecule has 1 radical (unpaired) electrons. The minimum Gasteiger partial charge on any atom is -1.00 e. The van der Waals surface area contributed by atoms with Crippen LogP contribution in [0.5, 0.6) is 0 Å². The van der Waals surface area contributed by atoms with Crippen LogP contribution in [0.15, 0.2) is 0 Å². The van der Waals surface area contributed by atoms with Crippen molar-refractivity contribution in [3.63, 3.8) is 0 Å². The Bertz CT molecular complexity index is 8.49. The van der Waals surface area contributed by atoms with E-state index in [1.54, 1.807) is 0 Å². The van der Waals surface area contributed by atoms with Crippen molar-refractivity contribution in [3.05, 3.63) is 0 Å². The summed E-state index contributed by atoms with van der Waals surface area (Å²) in [4.78, 5) is 0. The fraction of sp³-hybridized carbons (Fsp3) is 0. The first-order valence-electron chi connectivity index (χ1n) is 0. The first-order valence-corrected chi connectivity index (χ1v) is 0. The maximum Gasteiger partial charge on any atom is 4.00 e. The molecule has 0 aliphatic heterocycles. The molecule has 0 nitrogen and oxygen atoms in total. The van der Waals surface area contributed by atoms with E-state index in [-0.39, 0.29) is 67.0 Å². The van der Waals surface area contributed by atoms with Gasteiger partial charge in [0.2, 0.25) is 0 Å². The quantitative estimate of drug-likeness (QED) is 0.284. The van der Waals surface area contributed by atoms with Gasteiger partial charge in [0.1, 0.15) is 0 Å². The van der Waals surface area contributed by atoms with Crippen LogP contribution in [-0.2, 0) is 38.8 Å². The minimum atomic E-state index is 0. The molecule has 0 heterocycles. The molecule has 0 atom stereocenters. The van der Waals surface area contributed by atoms with Gasteiger partial charge in [-0.15, -0.1) is 0 Å². The van der Waals surface area contributed by atoms with Crippen LogP contribution in [0.1, 0.15) is 0 Å². The van der Waals surface area contributed by atoms with Crippen LogP contribution < -0.4 is 28.2 Å². The Balaban J connectivity index is 0. The molecule has 0 saturated carbocycles. The van der Waals surface area contributed by atoms with Gasteiger partial charge in [0.25, 0.3) is 0 Å². The number of hydrogen-bond donors (Lipinski definition) is 0. The third-order valence-corrected chi connectivity index (χ3v) is 0. The third-order valence-electron chi connectivity index (χ3n) is 0. The van der Waals surface area contributed by atoms with Gasteiger partial charge < -0.3 is 28.2 Å². The molecule has 0 bridgehead atoms. The van der Waals surface area contributed by atoms with Crippen LogP contribution in [0.4, 0.5) is 0 Å². The summed E-state index contributed by atoms with van der Waals surface area (Å²) in [7, 11) is 0. The zero-order chi connectivity index (χ0) is 0.